The van der Waals surface area contributed by atoms with E-state index in [0.29, 0.717) is 54.3 Å². The van der Waals surface area contributed by atoms with Crippen LogP contribution in [-0.2, 0) is 14.5 Å². The van der Waals surface area contributed by atoms with Gasteiger partial charge in [0.15, 0.2) is 0 Å². The van der Waals surface area contributed by atoms with Gasteiger partial charge in [-0.25, -0.2) is 4.98 Å². The van der Waals surface area contributed by atoms with Crippen molar-refractivity contribution in [1.82, 2.24) is 29.4 Å². The van der Waals surface area contributed by atoms with Crippen LogP contribution in [0.1, 0.15) is 70.9 Å². The van der Waals surface area contributed by atoms with Gasteiger partial charge in [0.05, 0.1) is 0 Å². The number of aldehydes is 1. The quantitative estimate of drug-likeness (QED) is 0.128. The number of hydrogen-bond acceptors (Lipinski definition) is 10. The van der Waals surface area contributed by atoms with Crippen LogP contribution in [0.4, 0.5) is 24.5 Å². The summed E-state index contributed by atoms with van der Waals surface area (Å²) in [6.45, 7) is 7.62. The number of aryl methyl sites for hydroxylation is 3. The summed E-state index contributed by atoms with van der Waals surface area (Å²) in [5.74, 6) is -0.968. The number of piperazine rings is 1. The number of pyridine rings is 1. The molecule has 1 amide bonds. The molecule has 2 aliphatic heterocycles. The van der Waals surface area contributed by atoms with E-state index in [0.717, 1.165) is 18.4 Å². The summed E-state index contributed by atoms with van der Waals surface area (Å²) in [6, 6.07) is 2.57. The Labute approximate surface area is 299 Å². The van der Waals surface area contributed by atoms with Gasteiger partial charge in [-0.05, 0) is 6.92 Å². The molecule has 50 heavy (non-hydrogen) atoms. The monoisotopic (exact) mass is 823 g/mol. The van der Waals surface area contributed by atoms with Gasteiger partial charge in [0.1, 0.15) is 0 Å². The van der Waals surface area contributed by atoms with Crippen LogP contribution in [0, 0.1) is 20.8 Å². The number of nitrogens with one attached hydrogen (secondary N) is 1. The first-order valence-corrected chi connectivity index (χ1v) is 18.5. The molecule has 264 valence electrons. The van der Waals surface area contributed by atoms with Crippen LogP contribution in [0.15, 0.2) is 29.3 Å². The number of carbonyl (C=O) groups is 2. The third-order valence-electron chi connectivity index (χ3n) is 9.98. The number of aromatic hydroxyl groups is 1. The molecule has 2 N–H and O–H groups in total. The topological polar surface area (TPSA) is 146 Å². The van der Waals surface area contributed by atoms with Crippen molar-refractivity contribution in [2.75, 3.05) is 21.5 Å². The number of alkyl halides is 4. The van der Waals surface area contributed by atoms with Crippen LogP contribution in [0.25, 0.3) is 11.2 Å². The third-order valence-corrected chi connectivity index (χ3v) is 13.2. The van der Waals surface area contributed by atoms with E-state index < -0.39 is 42.7 Å². The van der Waals surface area contributed by atoms with Crippen LogP contribution in [-0.4, -0.2) is 71.9 Å². The number of carbonyl (C=O) groups excluding carboxylic acids is 2. The second kappa shape index (κ2) is 12.3. The summed E-state index contributed by atoms with van der Waals surface area (Å²) in [5, 5.41) is 10.4. The Kier molecular flexibility index (Phi) is 8.47. The summed E-state index contributed by atoms with van der Waals surface area (Å²) in [5.41, 5.74) is 1.85. The van der Waals surface area contributed by atoms with Crippen molar-refractivity contribution in [2.45, 2.75) is 74.7 Å². The van der Waals surface area contributed by atoms with Gasteiger partial charge in [0.25, 0.3) is 0 Å². The molecule has 0 radical (unpaired) electrons. The molecule has 12 nitrogen and oxygen atoms in total. The molecule has 0 spiro atoms. The van der Waals surface area contributed by atoms with E-state index >= 15 is 0 Å². The number of halogens is 5. The van der Waals surface area contributed by atoms with Gasteiger partial charge in [0.2, 0.25) is 0 Å². The Hall–Kier alpha value is -4.06. The molecule has 1 unspecified atom stereocenters. The molecule has 1 saturated heterocycles. The standard InChI is InChI=1S/C33H32ClF3IN8O4/c1-15-12-32(13-47,38-43-21-6-5-19(11-20(21)34)33(35,36)37)46-26(15)27(29(49)24-30(46)42-17(3)16(2)41-24)44-9-10-45(23-8-7-22(23)44)31(50)25-28(48)18(4)39-14-40-25/h5-6,11,13-15,22-23,43,48H,7-10,12H2,1-4H3/q-1/t15-,22-,23-,32?/m0/s1. The minimum atomic E-state index is -4.56. The Morgan fingerprint density at radius 3 is 2.48 bits per heavy atom. The van der Waals surface area contributed by atoms with Gasteiger partial charge in [-0.2, -0.15) is 0 Å². The molecule has 7 rings (SSSR count). The number of aromatic nitrogens is 5. The Bertz CT molecular complexity index is 2150. The van der Waals surface area contributed by atoms with Crippen LogP contribution in [0.3, 0.4) is 0 Å². The van der Waals surface area contributed by atoms with Crippen molar-refractivity contribution >= 4 is 46.3 Å². The van der Waals surface area contributed by atoms with Gasteiger partial charge < -0.3 is 0 Å². The third kappa shape index (κ3) is 5.36. The molecule has 2 fully saturated rings. The second-order valence-corrected chi connectivity index (χ2v) is 16.3. The summed E-state index contributed by atoms with van der Waals surface area (Å²) in [7, 11) is 0. The molecule has 0 bridgehead atoms. The molecular weight excluding hydrogens is 792 g/mol. The number of nitrogens with zero attached hydrogens (tertiary/aromatic N) is 7. The Balaban J connectivity index is 1.31. The molecular formula is C33H32ClF3IN8O4-. The first-order valence-electron chi connectivity index (χ1n) is 15.9. The first-order chi connectivity index (χ1) is 23.7. The fourth-order valence-corrected chi connectivity index (χ4v) is 10.6. The van der Waals surface area contributed by atoms with E-state index in [1.807, 2.05) is 16.4 Å². The zero-order valence-electron chi connectivity index (χ0n) is 27.3. The number of fused-ring (bicyclic) bond motifs is 4. The van der Waals surface area contributed by atoms with Crippen LogP contribution in [0.2, 0.25) is 5.02 Å². The summed E-state index contributed by atoms with van der Waals surface area (Å²) >= 11 is 4.88. The number of hydrogen-bond donors (Lipinski definition) is 2. The van der Waals surface area contributed by atoms with Gasteiger partial charge in [-0.15, -0.1) is 0 Å². The van der Waals surface area contributed by atoms with Crippen molar-refractivity contribution < 1.29 is 49.3 Å². The fourth-order valence-electron chi connectivity index (χ4n) is 7.21. The second-order valence-electron chi connectivity index (χ2n) is 12.9. The van der Waals surface area contributed by atoms with Crippen molar-refractivity contribution in [2.24, 2.45) is 0 Å². The number of amides is 1. The molecule has 3 aliphatic rings. The van der Waals surface area contributed by atoms with E-state index in [1.165, 1.54) is 12.4 Å². The van der Waals surface area contributed by atoms with Crippen molar-refractivity contribution in [1.29, 1.82) is 0 Å². The Morgan fingerprint density at radius 2 is 1.82 bits per heavy atom. The summed E-state index contributed by atoms with van der Waals surface area (Å²) in [6.07, 6.45) is -0.789. The zero-order valence-corrected chi connectivity index (χ0v) is 30.3. The molecule has 1 aliphatic carbocycles. The van der Waals surface area contributed by atoms with Gasteiger partial charge in [-0.1, -0.05) is 0 Å². The SMILES string of the molecule is Cc1nc2c(=O)c(N3CCN(C(=O)c4ncnc(C)c4O)[C@H]4CC[C@@H]43)c3n(c2nc1C)C(C=O)([I-]Nc1ccc(C(F)(F)F)cc1Cl)C[C@@H]3C. The van der Waals surface area contributed by atoms with E-state index in [4.69, 9.17) is 16.6 Å². The molecule has 5 heterocycles. The molecule has 1 aromatic carbocycles. The van der Waals surface area contributed by atoms with Crippen molar-refractivity contribution in [3.05, 3.63) is 73.8 Å². The average molecular weight is 824 g/mol. The van der Waals surface area contributed by atoms with E-state index in [1.54, 1.807) is 25.7 Å². The van der Waals surface area contributed by atoms with E-state index in [-0.39, 0.29) is 63.3 Å². The Morgan fingerprint density at radius 1 is 1.10 bits per heavy atom. The molecule has 1 saturated carbocycles. The number of rotatable bonds is 6. The molecule has 3 aromatic heterocycles. The van der Waals surface area contributed by atoms with Crippen LogP contribution in [0.5, 0.6) is 5.75 Å². The predicted octanol–water partition coefficient (Wildman–Crippen LogP) is 1.85. The zero-order chi connectivity index (χ0) is 35.9. The van der Waals surface area contributed by atoms with Gasteiger partial charge in [0, 0.05) is 0 Å². The minimum absolute atomic E-state index is 0.0710. The van der Waals surface area contributed by atoms with E-state index in [9.17, 15) is 32.7 Å². The normalized spacial score (nSPS) is 23.1. The van der Waals surface area contributed by atoms with E-state index in [2.05, 4.69) is 18.5 Å². The molecule has 4 atom stereocenters. The molecule has 17 heteroatoms. The van der Waals surface area contributed by atoms with Gasteiger partial charge in [-0.3, -0.25) is 0 Å². The van der Waals surface area contributed by atoms with Crippen molar-refractivity contribution in [3.63, 3.8) is 0 Å². The van der Waals surface area contributed by atoms with Gasteiger partial charge >= 0.3 is 289 Å². The average Bonchev–Trinajstić information content (AvgIpc) is 3.34. The number of benzene rings is 1. The van der Waals surface area contributed by atoms with Crippen LogP contribution >= 0.6 is 11.6 Å². The maximum atomic E-state index is 14.5. The predicted molar refractivity (Wildman–Crippen MR) is 174 cm³/mol. The maximum absolute atomic E-state index is 14.5. The first kappa shape index (κ1) is 34.4. The summed E-state index contributed by atoms with van der Waals surface area (Å²) in [4.78, 5) is 62.7. The number of anilines is 2. The summed E-state index contributed by atoms with van der Waals surface area (Å²) < 4.78 is 43.8. The van der Waals surface area contributed by atoms with Crippen LogP contribution < -0.4 is 35.3 Å². The van der Waals surface area contributed by atoms with Crippen molar-refractivity contribution in [3.8, 4) is 5.75 Å². The fraction of sp³-hybridized carbons (Fsp3) is 0.424. The molecule has 4 aromatic rings.